The summed E-state index contributed by atoms with van der Waals surface area (Å²) in [5, 5.41) is 3.87. The number of fused-ring (bicyclic) bond motifs is 12. The summed E-state index contributed by atoms with van der Waals surface area (Å²) in [4.78, 5) is 11.2. The summed E-state index contributed by atoms with van der Waals surface area (Å²) < 4.78 is 9.16. The maximum absolute atomic E-state index is 6.77. The van der Waals surface area contributed by atoms with Crippen LogP contribution in [0, 0.1) is 11.8 Å². The van der Waals surface area contributed by atoms with Gasteiger partial charge >= 0.3 is 0 Å². The Kier molecular flexibility index (Phi) is 6.97. The molecule has 0 N–H and O–H groups in total. The zero-order valence-electron chi connectivity index (χ0n) is 31.2. The average molecular weight is 714 g/mol. The van der Waals surface area contributed by atoms with E-state index in [0.29, 0.717) is 5.92 Å². The number of aliphatic imine (C=N–C) groups is 2. The normalized spacial score (nSPS) is 26.7. The lowest BCUT2D eigenvalue weighted by atomic mass is 9.73. The van der Waals surface area contributed by atoms with Gasteiger partial charge in [0.2, 0.25) is 5.96 Å². The van der Waals surface area contributed by atoms with Gasteiger partial charge in [0.15, 0.2) is 0 Å². The van der Waals surface area contributed by atoms with Gasteiger partial charge in [0.25, 0.3) is 0 Å². The standard InChI is InChI=1S/C51H43N3O/c1-30-33(36-22-12-15-31-13-2-4-16-34(31)36)26-28-43-47(30)49-35-17-5-3-14-32(35)25-27-44(49)54(43)51-52-42-23-10-8-20-39(42)50(53-51)41-29-46-48(38-19-7-6-18-37(38)41)40-21-9-11-24-45(40)55-46/h2-6,8,10-11,13-14,16-18,20,22-30,33,39-40,45,50H,7,9,12,15,19,21H2,1H3. The Bertz CT molecular complexity index is 2740. The van der Waals surface area contributed by atoms with Crippen molar-refractivity contribution in [3.63, 3.8) is 0 Å². The molecule has 4 aromatic carbocycles. The topological polar surface area (TPSA) is 38.9 Å². The molecule has 2 aliphatic heterocycles. The molecule has 0 saturated heterocycles. The molecule has 55 heavy (non-hydrogen) atoms. The first-order valence-corrected chi connectivity index (χ1v) is 20.4. The second-order valence-corrected chi connectivity index (χ2v) is 16.4. The third-order valence-electron chi connectivity index (χ3n) is 13.6. The van der Waals surface area contributed by atoms with E-state index in [9.17, 15) is 0 Å². The fraction of sp³-hybridized carbons (Fsp3) is 0.255. The van der Waals surface area contributed by atoms with Gasteiger partial charge in [0.1, 0.15) is 11.9 Å². The third-order valence-corrected chi connectivity index (χ3v) is 13.6. The monoisotopic (exact) mass is 713 g/mol. The van der Waals surface area contributed by atoms with Crippen molar-refractivity contribution in [2.75, 3.05) is 0 Å². The van der Waals surface area contributed by atoms with Crippen molar-refractivity contribution in [2.24, 2.45) is 21.8 Å². The summed E-state index contributed by atoms with van der Waals surface area (Å²) in [5.74, 6) is 2.86. The Labute approximate surface area is 322 Å². The first-order valence-electron chi connectivity index (χ1n) is 20.4. The minimum absolute atomic E-state index is 0.0467. The van der Waals surface area contributed by atoms with E-state index >= 15 is 0 Å². The minimum atomic E-state index is -0.137. The van der Waals surface area contributed by atoms with Gasteiger partial charge < -0.3 is 4.74 Å². The lowest BCUT2D eigenvalue weighted by Gasteiger charge is -2.32. The van der Waals surface area contributed by atoms with Gasteiger partial charge in [-0.2, -0.15) is 0 Å². The number of allylic oxidation sites excluding steroid dienone is 8. The van der Waals surface area contributed by atoms with Gasteiger partial charge in [-0.15, -0.1) is 0 Å². The summed E-state index contributed by atoms with van der Waals surface area (Å²) >= 11 is 0. The van der Waals surface area contributed by atoms with E-state index in [0.717, 1.165) is 55.9 Å². The molecule has 7 aliphatic rings. The molecule has 0 radical (unpaired) electrons. The highest BCUT2D eigenvalue weighted by Crippen LogP contribution is 2.52. The minimum Gasteiger partial charge on any atom is -0.485 e. The number of nitrogens with zero attached hydrogens (tertiary/aromatic N) is 3. The van der Waals surface area contributed by atoms with Crippen molar-refractivity contribution in [3.8, 4) is 5.75 Å². The van der Waals surface area contributed by atoms with E-state index in [1.54, 1.807) is 0 Å². The van der Waals surface area contributed by atoms with Crippen molar-refractivity contribution in [1.29, 1.82) is 0 Å². The van der Waals surface area contributed by atoms with Crippen LogP contribution in [0.5, 0.6) is 5.75 Å². The van der Waals surface area contributed by atoms with Crippen molar-refractivity contribution < 1.29 is 4.74 Å². The van der Waals surface area contributed by atoms with E-state index in [2.05, 4.69) is 145 Å². The van der Waals surface area contributed by atoms with Crippen LogP contribution < -0.4 is 4.74 Å². The molecule has 0 saturated carbocycles. The summed E-state index contributed by atoms with van der Waals surface area (Å²) in [6, 6.07) is 24.7. The quantitative estimate of drug-likeness (QED) is 0.168. The van der Waals surface area contributed by atoms with Gasteiger partial charge in [-0.3, -0.25) is 4.57 Å². The maximum atomic E-state index is 6.77. The van der Waals surface area contributed by atoms with Crippen LogP contribution >= 0.6 is 0 Å². The molecule has 12 rings (SSSR count). The first kappa shape index (κ1) is 31.6. The third kappa shape index (κ3) is 4.64. The molecule has 0 bridgehead atoms. The van der Waals surface area contributed by atoms with Crippen LogP contribution in [0.3, 0.4) is 0 Å². The first-order chi connectivity index (χ1) is 27.2. The molecule has 4 nitrogen and oxygen atoms in total. The molecular weight excluding hydrogens is 671 g/mol. The van der Waals surface area contributed by atoms with Crippen LogP contribution in [0.4, 0.5) is 0 Å². The Morgan fingerprint density at radius 1 is 0.800 bits per heavy atom. The van der Waals surface area contributed by atoms with Crippen LogP contribution in [-0.2, 0) is 12.8 Å². The molecule has 6 atom stereocenters. The average Bonchev–Trinajstić information content (AvgIpc) is 3.80. The molecule has 4 heteroatoms. The molecule has 1 aromatic heterocycles. The van der Waals surface area contributed by atoms with E-state index < -0.39 is 0 Å². The SMILES string of the molecule is CC1c2c(n(C3=NC(c4cc5c(c6c4C=CCC6)C4CCC=CC4O5)C4C=CC=CC4=N3)c3ccc4ccccc4c23)C=CC1C1=CCCc2ccccc21. The fourth-order valence-electron chi connectivity index (χ4n) is 11.1. The van der Waals surface area contributed by atoms with Gasteiger partial charge in [-0.05, 0) is 125 Å². The Balaban J connectivity index is 1.07. The number of benzene rings is 4. The lowest BCUT2D eigenvalue weighted by molar-refractivity contribution is 0.244. The van der Waals surface area contributed by atoms with Gasteiger partial charge in [-0.25, -0.2) is 9.98 Å². The summed E-state index contributed by atoms with van der Waals surface area (Å²) in [6.45, 7) is 2.44. The zero-order valence-corrected chi connectivity index (χ0v) is 31.2. The van der Waals surface area contributed by atoms with Crippen LogP contribution in [0.25, 0.3) is 39.4 Å². The molecule has 268 valence electrons. The van der Waals surface area contributed by atoms with E-state index in [1.165, 1.54) is 71.9 Å². The Morgan fingerprint density at radius 3 is 2.71 bits per heavy atom. The lowest BCUT2D eigenvalue weighted by Crippen LogP contribution is -2.29. The molecule has 0 fully saturated rings. The predicted molar refractivity (Wildman–Crippen MR) is 227 cm³/mol. The highest BCUT2D eigenvalue weighted by atomic mass is 16.5. The molecule has 3 heterocycles. The van der Waals surface area contributed by atoms with Crippen LogP contribution in [0.15, 0.2) is 131 Å². The van der Waals surface area contributed by atoms with E-state index in [4.69, 9.17) is 14.7 Å². The largest absolute Gasteiger partial charge is 0.485 e. The second-order valence-electron chi connectivity index (χ2n) is 16.4. The Morgan fingerprint density at radius 2 is 1.73 bits per heavy atom. The number of aromatic nitrogens is 1. The zero-order chi connectivity index (χ0) is 36.2. The van der Waals surface area contributed by atoms with Gasteiger partial charge in [-0.1, -0.05) is 110 Å². The van der Waals surface area contributed by atoms with Crippen molar-refractivity contribution >= 4 is 51.1 Å². The molecule has 5 aromatic rings. The van der Waals surface area contributed by atoms with Crippen molar-refractivity contribution in [3.05, 3.63) is 166 Å². The molecule has 6 unspecified atom stereocenters. The number of aryl methyl sites for hydroxylation is 1. The number of rotatable bonds is 2. The smallest absolute Gasteiger partial charge is 0.230 e. The highest BCUT2D eigenvalue weighted by Gasteiger charge is 2.41. The fourth-order valence-corrected chi connectivity index (χ4v) is 11.1. The highest BCUT2D eigenvalue weighted by molar-refractivity contribution is 6.16. The number of hydrogen-bond donors (Lipinski definition) is 0. The van der Waals surface area contributed by atoms with Gasteiger partial charge in [0.05, 0.1) is 23.0 Å². The second kappa shape index (κ2) is 12.1. The van der Waals surface area contributed by atoms with Gasteiger partial charge in [0, 0.05) is 28.7 Å². The van der Waals surface area contributed by atoms with Crippen LogP contribution in [0.1, 0.15) is 95.1 Å². The predicted octanol–water partition coefficient (Wildman–Crippen LogP) is 11.9. The van der Waals surface area contributed by atoms with Crippen LogP contribution in [0.2, 0.25) is 0 Å². The van der Waals surface area contributed by atoms with Crippen molar-refractivity contribution in [1.82, 2.24) is 4.57 Å². The molecule has 0 spiro atoms. The molecule has 5 aliphatic carbocycles. The van der Waals surface area contributed by atoms with Crippen molar-refractivity contribution in [2.45, 2.75) is 69.4 Å². The van der Waals surface area contributed by atoms with E-state index in [1.807, 2.05) is 0 Å². The number of ether oxygens (including phenoxy) is 1. The number of hydrogen-bond acceptors (Lipinski definition) is 3. The summed E-state index contributed by atoms with van der Waals surface area (Å²) in [6.07, 6.45) is 32.2. The summed E-state index contributed by atoms with van der Waals surface area (Å²) in [5.41, 5.74) is 14.7. The molecular formula is C51H43N3O. The summed E-state index contributed by atoms with van der Waals surface area (Å²) in [7, 11) is 0. The molecule has 0 amide bonds. The maximum Gasteiger partial charge on any atom is 0.230 e. The van der Waals surface area contributed by atoms with Crippen LogP contribution in [-0.4, -0.2) is 22.3 Å². The van der Waals surface area contributed by atoms with E-state index in [-0.39, 0.29) is 29.9 Å². The Hall–Kier alpha value is -5.74.